The average molecular weight is 176 g/mol. The molecule has 4 heteroatoms. The Kier molecular flexibility index (Phi) is 5.66. The van der Waals surface area contributed by atoms with Crippen molar-refractivity contribution in [2.45, 2.75) is 44.8 Å². The SMILES string of the molecule is CCC(O)CCC(O)CC(=O)O. The highest BCUT2D eigenvalue weighted by atomic mass is 16.4. The van der Waals surface area contributed by atoms with Gasteiger partial charge >= 0.3 is 5.97 Å². The standard InChI is InChI=1S/C8H16O4/c1-2-6(9)3-4-7(10)5-8(11)12/h6-7,9-10H,2-5H2,1H3,(H,11,12). The van der Waals surface area contributed by atoms with Gasteiger partial charge in [-0.15, -0.1) is 0 Å². The van der Waals surface area contributed by atoms with E-state index in [1.165, 1.54) is 0 Å². The van der Waals surface area contributed by atoms with E-state index >= 15 is 0 Å². The molecule has 0 spiro atoms. The number of rotatable bonds is 6. The van der Waals surface area contributed by atoms with Gasteiger partial charge in [0.2, 0.25) is 0 Å². The first kappa shape index (κ1) is 11.4. The van der Waals surface area contributed by atoms with E-state index in [1.807, 2.05) is 6.92 Å². The third-order valence-corrected chi connectivity index (χ3v) is 1.71. The van der Waals surface area contributed by atoms with Gasteiger partial charge in [-0.25, -0.2) is 0 Å². The monoisotopic (exact) mass is 176 g/mol. The van der Waals surface area contributed by atoms with Gasteiger partial charge in [-0.1, -0.05) is 6.92 Å². The maximum Gasteiger partial charge on any atom is 0.305 e. The van der Waals surface area contributed by atoms with Crippen molar-refractivity contribution in [3.05, 3.63) is 0 Å². The number of aliphatic hydroxyl groups is 2. The van der Waals surface area contributed by atoms with Crippen LogP contribution in [0.15, 0.2) is 0 Å². The molecule has 0 aliphatic carbocycles. The summed E-state index contributed by atoms with van der Waals surface area (Å²) in [5, 5.41) is 26.4. The summed E-state index contributed by atoms with van der Waals surface area (Å²) in [7, 11) is 0. The van der Waals surface area contributed by atoms with Crippen molar-refractivity contribution in [2.24, 2.45) is 0 Å². The molecule has 0 aliphatic heterocycles. The van der Waals surface area contributed by atoms with Crippen LogP contribution in [-0.4, -0.2) is 33.5 Å². The van der Waals surface area contributed by atoms with Crippen LogP contribution in [0.2, 0.25) is 0 Å². The van der Waals surface area contributed by atoms with E-state index in [2.05, 4.69) is 0 Å². The fourth-order valence-electron chi connectivity index (χ4n) is 0.893. The van der Waals surface area contributed by atoms with Crippen LogP contribution in [0.3, 0.4) is 0 Å². The van der Waals surface area contributed by atoms with Crippen molar-refractivity contribution in [3.8, 4) is 0 Å². The summed E-state index contributed by atoms with van der Waals surface area (Å²) in [4.78, 5) is 10.1. The molecule has 2 atom stereocenters. The van der Waals surface area contributed by atoms with Crippen LogP contribution in [0.5, 0.6) is 0 Å². The summed E-state index contributed by atoms with van der Waals surface area (Å²) in [5.74, 6) is -1.01. The first-order valence-corrected chi connectivity index (χ1v) is 4.14. The molecule has 0 aliphatic rings. The number of hydrogen-bond donors (Lipinski definition) is 3. The number of aliphatic hydroxyl groups excluding tert-OH is 2. The highest BCUT2D eigenvalue weighted by Crippen LogP contribution is 2.06. The molecule has 0 rings (SSSR count). The zero-order valence-electron chi connectivity index (χ0n) is 7.23. The molecule has 0 fully saturated rings. The second kappa shape index (κ2) is 5.97. The van der Waals surface area contributed by atoms with Gasteiger partial charge in [0, 0.05) is 0 Å². The van der Waals surface area contributed by atoms with E-state index < -0.39 is 18.2 Å². The quantitative estimate of drug-likeness (QED) is 0.546. The third kappa shape index (κ3) is 6.12. The Balaban J connectivity index is 3.43. The smallest absolute Gasteiger partial charge is 0.305 e. The zero-order valence-corrected chi connectivity index (χ0v) is 7.23. The Morgan fingerprint density at radius 1 is 1.25 bits per heavy atom. The van der Waals surface area contributed by atoms with Gasteiger partial charge in [0.05, 0.1) is 18.6 Å². The van der Waals surface area contributed by atoms with Crippen molar-refractivity contribution in [1.29, 1.82) is 0 Å². The average Bonchev–Trinajstić information content (AvgIpc) is 1.99. The van der Waals surface area contributed by atoms with Gasteiger partial charge < -0.3 is 15.3 Å². The molecule has 0 aromatic rings. The number of hydrogen-bond acceptors (Lipinski definition) is 3. The van der Waals surface area contributed by atoms with Crippen molar-refractivity contribution in [3.63, 3.8) is 0 Å². The third-order valence-electron chi connectivity index (χ3n) is 1.71. The first-order chi connectivity index (χ1) is 5.56. The fourth-order valence-corrected chi connectivity index (χ4v) is 0.893. The van der Waals surface area contributed by atoms with E-state index in [0.29, 0.717) is 19.3 Å². The fraction of sp³-hybridized carbons (Fsp3) is 0.875. The molecule has 12 heavy (non-hydrogen) atoms. The maximum absolute atomic E-state index is 10.1. The van der Waals surface area contributed by atoms with Gasteiger partial charge in [0.15, 0.2) is 0 Å². The topological polar surface area (TPSA) is 77.8 Å². The molecular weight excluding hydrogens is 160 g/mol. The zero-order chi connectivity index (χ0) is 9.56. The van der Waals surface area contributed by atoms with E-state index in [0.717, 1.165) is 0 Å². The normalized spacial score (nSPS) is 15.6. The largest absolute Gasteiger partial charge is 0.481 e. The van der Waals surface area contributed by atoms with E-state index in [1.54, 1.807) is 0 Å². The molecular formula is C8H16O4. The summed E-state index contributed by atoms with van der Waals surface area (Å²) in [6, 6.07) is 0. The van der Waals surface area contributed by atoms with Gasteiger partial charge in [0.25, 0.3) is 0 Å². The molecule has 0 aromatic heterocycles. The molecule has 72 valence electrons. The number of carbonyl (C=O) groups is 1. The lowest BCUT2D eigenvalue weighted by atomic mass is 10.1. The minimum Gasteiger partial charge on any atom is -0.481 e. The van der Waals surface area contributed by atoms with Crippen LogP contribution in [0, 0.1) is 0 Å². The van der Waals surface area contributed by atoms with Crippen molar-refractivity contribution in [1.82, 2.24) is 0 Å². The van der Waals surface area contributed by atoms with E-state index in [4.69, 9.17) is 15.3 Å². The Morgan fingerprint density at radius 2 is 1.75 bits per heavy atom. The molecule has 0 saturated carbocycles. The molecule has 0 amide bonds. The summed E-state index contributed by atoms with van der Waals surface area (Å²) in [6.07, 6.45) is -0.0419. The molecule has 3 N–H and O–H groups in total. The van der Waals surface area contributed by atoms with Crippen LogP contribution >= 0.6 is 0 Å². The van der Waals surface area contributed by atoms with Crippen LogP contribution in [0.25, 0.3) is 0 Å². The van der Waals surface area contributed by atoms with Gasteiger partial charge in [-0.05, 0) is 19.3 Å². The van der Waals surface area contributed by atoms with E-state index in [-0.39, 0.29) is 6.42 Å². The lowest BCUT2D eigenvalue weighted by Gasteiger charge is -2.10. The van der Waals surface area contributed by atoms with Crippen LogP contribution in [0.4, 0.5) is 0 Å². The van der Waals surface area contributed by atoms with Crippen LogP contribution in [0.1, 0.15) is 32.6 Å². The minimum atomic E-state index is -1.01. The molecule has 0 heterocycles. The highest BCUT2D eigenvalue weighted by molar-refractivity contribution is 5.67. The minimum absolute atomic E-state index is 0.240. The molecule has 0 radical (unpaired) electrons. The number of carboxylic acid groups (broad SMARTS) is 1. The molecule has 2 unspecified atom stereocenters. The van der Waals surface area contributed by atoms with E-state index in [9.17, 15) is 4.79 Å². The molecule has 0 bridgehead atoms. The Morgan fingerprint density at radius 3 is 2.17 bits per heavy atom. The Labute approximate surface area is 71.8 Å². The van der Waals surface area contributed by atoms with Crippen molar-refractivity contribution in [2.75, 3.05) is 0 Å². The second-order valence-corrected chi connectivity index (χ2v) is 2.89. The lowest BCUT2D eigenvalue weighted by Crippen LogP contribution is -2.16. The molecule has 0 aromatic carbocycles. The van der Waals surface area contributed by atoms with Crippen LogP contribution in [-0.2, 0) is 4.79 Å². The summed E-state index contributed by atoms with van der Waals surface area (Å²) in [6.45, 7) is 1.84. The van der Waals surface area contributed by atoms with Gasteiger partial charge in [-0.2, -0.15) is 0 Å². The summed E-state index contributed by atoms with van der Waals surface area (Å²) < 4.78 is 0. The van der Waals surface area contributed by atoms with Gasteiger partial charge in [-0.3, -0.25) is 4.79 Å². The van der Waals surface area contributed by atoms with Gasteiger partial charge in [0.1, 0.15) is 0 Å². The van der Waals surface area contributed by atoms with Crippen molar-refractivity contribution < 1.29 is 20.1 Å². The number of carboxylic acids is 1. The lowest BCUT2D eigenvalue weighted by molar-refractivity contribution is -0.139. The summed E-state index contributed by atoms with van der Waals surface area (Å²) >= 11 is 0. The Hall–Kier alpha value is -0.610. The molecule has 0 saturated heterocycles. The second-order valence-electron chi connectivity index (χ2n) is 2.89. The summed E-state index contributed by atoms with van der Waals surface area (Å²) in [5.41, 5.74) is 0. The van der Waals surface area contributed by atoms with Crippen molar-refractivity contribution >= 4 is 5.97 Å². The predicted octanol–water partition coefficient (Wildman–Crippen LogP) is 0.373. The Bertz CT molecular complexity index is 135. The van der Waals surface area contributed by atoms with Crippen LogP contribution < -0.4 is 0 Å². The maximum atomic E-state index is 10.1. The number of aliphatic carboxylic acids is 1. The highest BCUT2D eigenvalue weighted by Gasteiger charge is 2.11. The molecule has 4 nitrogen and oxygen atoms in total. The first-order valence-electron chi connectivity index (χ1n) is 4.14. The predicted molar refractivity (Wildman–Crippen MR) is 43.8 cm³/mol.